The molecule has 0 aromatic heterocycles. The lowest BCUT2D eigenvalue weighted by molar-refractivity contribution is -0.128. The number of rotatable bonds is 4. The summed E-state index contributed by atoms with van der Waals surface area (Å²) in [7, 11) is 0. The minimum absolute atomic E-state index is 0. The van der Waals surface area contributed by atoms with Gasteiger partial charge in [-0.3, -0.25) is 9.59 Å². The summed E-state index contributed by atoms with van der Waals surface area (Å²) in [5.74, 6) is -0.440. The molecule has 0 rings (SSSR count). The highest BCUT2D eigenvalue weighted by molar-refractivity contribution is 7.59. The van der Waals surface area contributed by atoms with Crippen molar-refractivity contribution in [3.05, 3.63) is 0 Å². The molecule has 5 heteroatoms. The monoisotopic (exact) mass is 206 g/mol. The molecule has 0 aromatic carbocycles. The number of hydrogen-bond donors (Lipinski definition) is 2. The molecule has 0 spiro atoms. The third-order valence-corrected chi connectivity index (χ3v) is 1.85. The molecule has 0 fully saturated rings. The molecule has 78 valence electrons. The molecule has 0 aliphatic rings. The number of carbonyl (C=O) groups is 2. The first-order chi connectivity index (χ1) is 5.45. The van der Waals surface area contributed by atoms with Gasteiger partial charge < -0.3 is 11.1 Å². The molecule has 0 aliphatic heterocycles. The highest BCUT2D eigenvalue weighted by Gasteiger charge is 2.16. The molecule has 0 radical (unpaired) electrons. The highest BCUT2D eigenvalue weighted by atomic mass is 32.1. The van der Waals surface area contributed by atoms with Gasteiger partial charge in [0.2, 0.25) is 11.8 Å². The smallest absolute Gasteiger partial charge is 0.236 e. The van der Waals surface area contributed by atoms with E-state index in [1.54, 1.807) is 0 Å². The Hall–Kier alpha value is -0.710. The Morgan fingerprint density at radius 1 is 1.31 bits per heavy atom. The topological polar surface area (TPSA) is 72.2 Å². The number of primary amides is 1. The van der Waals surface area contributed by atoms with Crippen LogP contribution < -0.4 is 11.1 Å². The summed E-state index contributed by atoms with van der Waals surface area (Å²) in [5.41, 5.74) is 4.86. The molecular weight excluding hydrogens is 188 g/mol. The van der Waals surface area contributed by atoms with E-state index in [2.05, 4.69) is 5.32 Å². The molecule has 1 atom stereocenters. The van der Waals surface area contributed by atoms with E-state index < -0.39 is 5.91 Å². The normalized spacial score (nSPS) is 11.7. The number of carbonyl (C=O) groups excluding carboxylic acids is 2. The van der Waals surface area contributed by atoms with E-state index >= 15 is 0 Å². The summed E-state index contributed by atoms with van der Waals surface area (Å²) < 4.78 is 0. The fourth-order valence-corrected chi connectivity index (χ4v) is 0.638. The average Bonchev–Trinajstić information content (AvgIpc) is 1.98. The van der Waals surface area contributed by atoms with Gasteiger partial charge in [0, 0.05) is 5.92 Å². The van der Waals surface area contributed by atoms with Gasteiger partial charge >= 0.3 is 0 Å². The van der Waals surface area contributed by atoms with Crippen molar-refractivity contribution < 1.29 is 9.59 Å². The van der Waals surface area contributed by atoms with E-state index in [9.17, 15) is 9.59 Å². The highest BCUT2D eigenvalue weighted by Crippen LogP contribution is 2.08. The van der Waals surface area contributed by atoms with Crippen LogP contribution >= 0.6 is 13.5 Å². The van der Waals surface area contributed by atoms with Gasteiger partial charge in [-0.1, -0.05) is 20.8 Å². The fourth-order valence-electron chi connectivity index (χ4n) is 0.638. The van der Waals surface area contributed by atoms with E-state index in [4.69, 9.17) is 5.73 Å². The maximum Gasteiger partial charge on any atom is 0.236 e. The number of hydrogen-bond acceptors (Lipinski definition) is 2. The van der Waals surface area contributed by atoms with Crippen LogP contribution in [0.25, 0.3) is 0 Å². The number of nitrogens with one attached hydrogen (secondary N) is 1. The van der Waals surface area contributed by atoms with Crippen LogP contribution in [0, 0.1) is 11.8 Å². The van der Waals surface area contributed by atoms with Gasteiger partial charge in [-0.05, 0) is 5.92 Å². The molecule has 0 bridgehead atoms. The van der Waals surface area contributed by atoms with Crippen LogP contribution in [0.3, 0.4) is 0 Å². The summed E-state index contributed by atoms with van der Waals surface area (Å²) in [6.45, 7) is 5.65. The second kappa shape index (κ2) is 6.77. The van der Waals surface area contributed by atoms with Gasteiger partial charge in [0.05, 0.1) is 6.54 Å². The average molecular weight is 206 g/mol. The second-order valence-electron chi connectivity index (χ2n) is 3.22. The summed E-state index contributed by atoms with van der Waals surface area (Å²) >= 11 is 0. The first kappa shape index (κ1) is 14.8. The standard InChI is InChI=1S/C8H16N2O2.H2S/c1-5(2)6(3)8(12)10-4-7(9)11;/h5-6H,4H2,1-3H3,(H2,9,11)(H,10,12);1H2/t6-;/m1./s1. The fraction of sp³-hybridized carbons (Fsp3) is 0.750. The zero-order valence-corrected chi connectivity index (χ0v) is 9.26. The van der Waals surface area contributed by atoms with E-state index in [1.165, 1.54) is 0 Å². The van der Waals surface area contributed by atoms with Crippen LogP contribution in [0.15, 0.2) is 0 Å². The lowest BCUT2D eigenvalue weighted by atomic mass is 9.97. The van der Waals surface area contributed by atoms with E-state index in [-0.39, 0.29) is 37.8 Å². The van der Waals surface area contributed by atoms with Gasteiger partial charge in [-0.2, -0.15) is 13.5 Å². The molecule has 0 saturated heterocycles. The third kappa shape index (κ3) is 6.45. The van der Waals surface area contributed by atoms with Crippen molar-refractivity contribution in [3.8, 4) is 0 Å². The molecule has 0 aliphatic carbocycles. The van der Waals surface area contributed by atoms with Crippen molar-refractivity contribution in [2.75, 3.05) is 6.54 Å². The molecule has 13 heavy (non-hydrogen) atoms. The first-order valence-electron chi connectivity index (χ1n) is 4.01. The summed E-state index contributed by atoms with van der Waals surface area (Å²) in [6.07, 6.45) is 0. The van der Waals surface area contributed by atoms with Crippen LogP contribution in [0.4, 0.5) is 0 Å². The zero-order valence-electron chi connectivity index (χ0n) is 8.26. The lowest BCUT2D eigenvalue weighted by Gasteiger charge is -2.14. The van der Waals surface area contributed by atoms with Gasteiger partial charge in [-0.15, -0.1) is 0 Å². The van der Waals surface area contributed by atoms with Crippen LogP contribution in [0.2, 0.25) is 0 Å². The predicted octanol–water partition coefficient (Wildman–Crippen LogP) is -0.00720. The molecule has 0 aromatic rings. The Labute approximate surface area is 85.7 Å². The van der Waals surface area contributed by atoms with Crippen molar-refractivity contribution in [1.29, 1.82) is 0 Å². The van der Waals surface area contributed by atoms with Crippen molar-refractivity contribution in [3.63, 3.8) is 0 Å². The van der Waals surface area contributed by atoms with Crippen LogP contribution in [0.1, 0.15) is 20.8 Å². The van der Waals surface area contributed by atoms with Gasteiger partial charge in [-0.25, -0.2) is 0 Å². The Morgan fingerprint density at radius 3 is 2.08 bits per heavy atom. The minimum atomic E-state index is -0.515. The molecule has 0 saturated carbocycles. The van der Waals surface area contributed by atoms with Gasteiger partial charge in [0.25, 0.3) is 0 Å². The molecule has 2 amide bonds. The van der Waals surface area contributed by atoms with Crippen molar-refractivity contribution in [2.24, 2.45) is 17.6 Å². The van der Waals surface area contributed by atoms with Crippen LogP contribution in [0.5, 0.6) is 0 Å². The molecular formula is C8H18N2O2S. The van der Waals surface area contributed by atoms with Crippen molar-refractivity contribution >= 4 is 25.3 Å². The second-order valence-corrected chi connectivity index (χ2v) is 3.22. The SMILES string of the molecule is CC(C)[C@@H](C)C(=O)NCC(N)=O.S. The third-order valence-electron chi connectivity index (χ3n) is 1.85. The summed E-state index contributed by atoms with van der Waals surface area (Å²) in [4.78, 5) is 21.5. The Balaban J connectivity index is 0. The Bertz CT molecular complexity index is 183. The Morgan fingerprint density at radius 2 is 1.77 bits per heavy atom. The quantitative estimate of drug-likeness (QED) is 0.679. The zero-order chi connectivity index (χ0) is 9.72. The van der Waals surface area contributed by atoms with Gasteiger partial charge in [0.15, 0.2) is 0 Å². The largest absolute Gasteiger partial charge is 0.368 e. The van der Waals surface area contributed by atoms with Crippen LogP contribution in [-0.4, -0.2) is 18.4 Å². The predicted molar refractivity (Wildman–Crippen MR) is 56.6 cm³/mol. The summed E-state index contributed by atoms with van der Waals surface area (Å²) in [6, 6.07) is 0. The van der Waals surface area contributed by atoms with Gasteiger partial charge in [0.1, 0.15) is 0 Å². The van der Waals surface area contributed by atoms with E-state index in [0.29, 0.717) is 0 Å². The molecule has 0 heterocycles. The summed E-state index contributed by atoms with van der Waals surface area (Å²) in [5, 5.41) is 2.45. The lowest BCUT2D eigenvalue weighted by Crippen LogP contribution is -2.37. The number of amides is 2. The van der Waals surface area contributed by atoms with E-state index in [1.807, 2.05) is 20.8 Å². The van der Waals surface area contributed by atoms with E-state index in [0.717, 1.165) is 0 Å². The maximum absolute atomic E-state index is 11.2. The number of nitrogens with two attached hydrogens (primary N) is 1. The maximum atomic E-state index is 11.2. The Kier molecular flexibility index (Phi) is 7.70. The molecule has 4 nitrogen and oxygen atoms in total. The van der Waals surface area contributed by atoms with Crippen molar-refractivity contribution in [1.82, 2.24) is 5.32 Å². The van der Waals surface area contributed by atoms with Crippen molar-refractivity contribution in [2.45, 2.75) is 20.8 Å². The minimum Gasteiger partial charge on any atom is -0.368 e. The molecule has 0 unspecified atom stereocenters. The first-order valence-corrected chi connectivity index (χ1v) is 4.01. The molecule has 3 N–H and O–H groups in total. The van der Waals surface area contributed by atoms with Crippen LogP contribution in [-0.2, 0) is 9.59 Å².